The molecule has 0 spiro atoms. The van der Waals surface area contributed by atoms with Gasteiger partial charge in [-0.1, -0.05) is 36.4 Å². The van der Waals surface area contributed by atoms with Gasteiger partial charge in [-0.25, -0.2) is 0 Å². The Hall–Kier alpha value is -3.28. The summed E-state index contributed by atoms with van der Waals surface area (Å²) in [5, 5.41) is 17.7. The van der Waals surface area contributed by atoms with Crippen LogP contribution in [-0.4, -0.2) is 31.4 Å². The van der Waals surface area contributed by atoms with Gasteiger partial charge in [0.05, 0.1) is 14.2 Å². The molecule has 6 nitrogen and oxygen atoms in total. The van der Waals surface area contributed by atoms with Crippen LogP contribution in [0.5, 0.6) is 17.2 Å². The van der Waals surface area contributed by atoms with Crippen LogP contribution in [0, 0.1) is 0 Å². The quantitative estimate of drug-likeness (QED) is 0.485. The fourth-order valence-electron chi connectivity index (χ4n) is 1.96. The highest BCUT2D eigenvalue weighted by Crippen LogP contribution is 2.37. The molecule has 0 unspecified atom stereocenters. The van der Waals surface area contributed by atoms with Crippen molar-refractivity contribution in [2.75, 3.05) is 14.2 Å². The second kappa shape index (κ2) is 8.38. The Morgan fingerprint density at radius 2 is 1.71 bits per heavy atom. The van der Waals surface area contributed by atoms with Crippen molar-refractivity contribution in [3.63, 3.8) is 0 Å². The molecule has 2 aromatic rings. The molecule has 3 N–H and O–H groups in total. The van der Waals surface area contributed by atoms with E-state index in [0.29, 0.717) is 17.3 Å². The average Bonchev–Trinajstić information content (AvgIpc) is 2.63. The number of nitrogens with zero attached hydrogens (tertiary/aromatic N) is 2. The molecule has 0 radical (unpaired) electrons. The van der Waals surface area contributed by atoms with E-state index in [4.69, 9.17) is 15.2 Å². The van der Waals surface area contributed by atoms with Gasteiger partial charge in [0.15, 0.2) is 17.3 Å². The Morgan fingerprint density at radius 3 is 2.29 bits per heavy atom. The van der Waals surface area contributed by atoms with Crippen molar-refractivity contribution in [3.05, 3.63) is 59.7 Å². The van der Waals surface area contributed by atoms with Crippen LogP contribution in [0.2, 0.25) is 0 Å². The van der Waals surface area contributed by atoms with E-state index in [9.17, 15) is 5.11 Å². The van der Waals surface area contributed by atoms with Gasteiger partial charge >= 0.3 is 0 Å². The number of amidine groups is 1. The highest BCUT2D eigenvalue weighted by Gasteiger charge is 2.09. The number of hydrogen-bond acceptors (Lipinski definition) is 5. The van der Waals surface area contributed by atoms with E-state index in [0.717, 1.165) is 11.1 Å². The van der Waals surface area contributed by atoms with Gasteiger partial charge in [0, 0.05) is 11.8 Å². The Morgan fingerprint density at radius 1 is 1.08 bits per heavy atom. The van der Waals surface area contributed by atoms with Gasteiger partial charge < -0.3 is 20.3 Å². The van der Waals surface area contributed by atoms with Crippen LogP contribution in [0.3, 0.4) is 0 Å². The molecule has 0 aromatic heterocycles. The molecule has 124 valence electrons. The van der Waals surface area contributed by atoms with Gasteiger partial charge in [0.2, 0.25) is 5.75 Å². The molecule has 0 aliphatic rings. The minimum Gasteiger partial charge on any atom is -0.502 e. The SMILES string of the molecule is COc1cc(/C=C/C=NN=C(N)c2ccccc2)cc(OC)c1O. The maximum atomic E-state index is 9.86. The number of phenols is 1. The maximum Gasteiger partial charge on any atom is 0.200 e. The van der Waals surface area contributed by atoms with Crippen LogP contribution in [0.25, 0.3) is 6.08 Å². The highest BCUT2D eigenvalue weighted by molar-refractivity contribution is 5.97. The third kappa shape index (κ3) is 4.36. The number of allylic oxidation sites excluding steroid dienone is 1. The van der Waals surface area contributed by atoms with Crippen LogP contribution in [-0.2, 0) is 0 Å². The van der Waals surface area contributed by atoms with E-state index < -0.39 is 0 Å². The van der Waals surface area contributed by atoms with Crippen molar-refractivity contribution in [1.82, 2.24) is 0 Å². The van der Waals surface area contributed by atoms with Crippen molar-refractivity contribution >= 4 is 18.1 Å². The summed E-state index contributed by atoms with van der Waals surface area (Å²) in [7, 11) is 2.95. The summed E-state index contributed by atoms with van der Waals surface area (Å²) in [5.41, 5.74) is 7.43. The third-order valence-electron chi connectivity index (χ3n) is 3.18. The topological polar surface area (TPSA) is 89.4 Å². The number of nitrogens with two attached hydrogens (primary N) is 1. The number of rotatable bonds is 6. The molecule has 0 amide bonds. The summed E-state index contributed by atoms with van der Waals surface area (Å²) in [6.45, 7) is 0. The minimum atomic E-state index is -0.0361. The zero-order valence-electron chi connectivity index (χ0n) is 13.5. The van der Waals surface area contributed by atoms with E-state index in [1.165, 1.54) is 20.4 Å². The van der Waals surface area contributed by atoms with Crippen LogP contribution in [0.4, 0.5) is 0 Å². The second-order valence-corrected chi connectivity index (χ2v) is 4.75. The lowest BCUT2D eigenvalue weighted by Crippen LogP contribution is -2.12. The molecule has 6 heteroatoms. The fraction of sp³-hybridized carbons (Fsp3) is 0.111. The molecule has 0 saturated heterocycles. The van der Waals surface area contributed by atoms with E-state index in [-0.39, 0.29) is 5.75 Å². The zero-order chi connectivity index (χ0) is 17.4. The van der Waals surface area contributed by atoms with E-state index in [2.05, 4.69) is 10.2 Å². The number of ether oxygens (including phenoxy) is 2. The van der Waals surface area contributed by atoms with Gasteiger partial charge in [-0.15, -0.1) is 5.10 Å². The molecular formula is C18H19N3O3. The zero-order valence-corrected chi connectivity index (χ0v) is 13.5. The van der Waals surface area contributed by atoms with Gasteiger partial charge in [-0.05, 0) is 23.8 Å². The van der Waals surface area contributed by atoms with Crippen LogP contribution < -0.4 is 15.2 Å². The van der Waals surface area contributed by atoms with E-state index in [1.807, 2.05) is 30.3 Å². The van der Waals surface area contributed by atoms with E-state index in [1.54, 1.807) is 24.3 Å². The average molecular weight is 325 g/mol. The van der Waals surface area contributed by atoms with Gasteiger partial charge in [-0.3, -0.25) is 0 Å². The Balaban J connectivity index is 2.09. The summed E-state index contributed by atoms with van der Waals surface area (Å²) in [4.78, 5) is 0. The lowest BCUT2D eigenvalue weighted by Gasteiger charge is -2.09. The molecular weight excluding hydrogens is 306 g/mol. The first-order chi connectivity index (χ1) is 11.7. The van der Waals surface area contributed by atoms with Crippen molar-refractivity contribution in [1.29, 1.82) is 0 Å². The number of benzene rings is 2. The van der Waals surface area contributed by atoms with Crippen molar-refractivity contribution in [3.8, 4) is 17.2 Å². The summed E-state index contributed by atoms with van der Waals surface area (Å²) in [6.07, 6.45) is 5.00. The number of methoxy groups -OCH3 is 2. The largest absolute Gasteiger partial charge is 0.502 e. The van der Waals surface area contributed by atoms with Gasteiger partial charge in [-0.2, -0.15) is 5.10 Å². The number of hydrogen-bond donors (Lipinski definition) is 2. The van der Waals surface area contributed by atoms with Gasteiger partial charge in [0.1, 0.15) is 0 Å². The first-order valence-electron chi connectivity index (χ1n) is 7.19. The molecule has 0 saturated carbocycles. The number of phenolic OH excluding ortho intramolecular Hbond substituents is 1. The summed E-state index contributed by atoms with van der Waals surface area (Å²) in [5.74, 6) is 0.967. The van der Waals surface area contributed by atoms with E-state index >= 15 is 0 Å². The van der Waals surface area contributed by atoms with Crippen molar-refractivity contribution in [2.45, 2.75) is 0 Å². The molecule has 2 aromatic carbocycles. The summed E-state index contributed by atoms with van der Waals surface area (Å²) < 4.78 is 10.2. The molecule has 0 atom stereocenters. The molecule has 0 fully saturated rings. The lowest BCUT2D eigenvalue weighted by atomic mass is 10.1. The predicted molar refractivity (Wildman–Crippen MR) is 95.9 cm³/mol. The van der Waals surface area contributed by atoms with Gasteiger partial charge in [0.25, 0.3) is 0 Å². The molecule has 0 aliphatic carbocycles. The smallest absolute Gasteiger partial charge is 0.200 e. The maximum absolute atomic E-state index is 9.86. The monoisotopic (exact) mass is 325 g/mol. The number of aromatic hydroxyl groups is 1. The Bertz CT molecular complexity index is 743. The fourth-order valence-corrected chi connectivity index (χ4v) is 1.96. The normalized spacial score (nSPS) is 12.0. The third-order valence-corrected chi connectivity index (χ3v) is 3.18. The molecule has 0 aliphatic heterocycles. The first-order valence-corrected chi connectivity index (χ1v) is 7.19. The minimum absolute atomic E-state index is 0.0361. The highest BCUT2D eigenvalue weighted by atomic mass is 16.5. The van der Waals surface area contributed by atoms with Crippen molar-refractivity contribution < 1.29 is 14.6 Å². The first kappa shape index (κ1) is 17.1. The lowest BCUT2D eigenvalue weighted by molar-refractivity contribution is 0.340. The molecule has 0 heterocycles. The van der Waals surface area contributed by atoms with Crippen LogP contribution in [0.1, 0.15) is 11.1 Å². The standard InChI is InChI=1S/C18H19N3O3/c1-23-15-11-13(12-16(24-2)17(15)22)7-6-10-20-21-18(19)14-8-4-3-5-9-14/h3-12,22H,1-2H3,(H2,19,21)/b7-6+,20-10?. The summed E-state index contributed by atoms with van der Waals surface area (Å²) in [6, 6.07) is 12.8. The Labute approximate surface area is 140 Å². The van der Waals surface area contributed by atoms with Crippen LogP contribution in [0.15, 0.2) is 58.7 Å². The van der Waals surface area contributed by atoms with Crippen LogP contribution >= 0.6 is 0 Å². The molecule has 2 rings (SSSR count). The summed E-state index contributed by atoms with van der Waals surface area (Å²) >= 11 is 0. The Kier molecular flexibility index (Phi) is 5.96. The molecule has 0 bridgehead atoms. The predicted octanol–water partition coefficient (Wildman–Crippen LogP) is 2.81. The molecule has 24 heavy (non-hydrogen) atoms. The van der Waals surface area contributed by atoms with Crippen molar-refractivity contribution in [2.24, 2.45) is 15.9 Å². The second-order valence-electron chi connectivity index (χ2n) is 4.75.